The third-order valence-corrected chi connectivity index (χ3v) is 4.33. The summed E-state index contributed by atoms with van der Waals surface area (Å²) >= 11 is 0. The van der Waals surface area contributed by atoms with Gasteiger partial charge in [-0.15, -0.1) is 0 Å². The zero-order valence-corrected chi connectivity index (χ0v) is 6.81. The van der Waals surface area contributed by atoms with E-state index in [1.807, 2.05) is 0 Å². The molecule has 74 valence electrons. The number of rotatable bonds is 0. The van der Waals surface area contributed by atoms with E-state index < -0.39 is 38.4 Å². The van der Waals surface area contributed by atoms with Crippen LogP contribution in [0.3, 0.4) is 0 Å². The Hall–Kier alpha value is 0.01000. The van der Waals surface area contributed by atoms with Gasteiger partial charge in [-0.1, -0.05) is 0 Å². The van der Waals surface area contributed by atoms with Crippen molar-refractivity contribution >= 4 is 7.54 Å². The quantitative estimate of drug-likeness (QED) is 0.421. The summed E-state index contributed by atoms with van der Waals surface area (Å²) < 4.78 is 74.1. The molecule has 1 atom stereocenters. The molecular formula is C5H7F6P. The molecule has 1 saturated heterocycles. The molecule has 0 saturated carbocycles. The fourth-order valence-electron chi connectivity index (χ4n) is 1.11. The summed E-state index contributed by atoms with van der Waals surface area (Å²) in [6.07, 6.45) is -5.73. The minimum absolute atomic E-state index is 0.516. The Morgan fingerprint density at radius 3 is 2.00 bits per heavy atom. The van der Waals surface area contributed by atoms with Gasteiger partial charge < -0.3 is 0 Å². The van der Waals surface area contributed by atoms with Crippen molar-refractivity contribution in [2.45, 2.75) is 24.7 Å². The van der Waals surface area contributed by atoms with Gasteiger partial charge in [0.1, 0.15) is 0 Å². The van der Waals surface area contributed by atoms with Crippen LogP contribution < -0.4 is 0 Å². The normalized spacial score (nSPS) is 41.2. The fraction of sp³-hybridized carbons (Fsp3) is 1.00. The van der Waals surface area contributed by atoms with E-state index in [0.29, 0.717) is 0 Å². The van der Waals surface area contributed by atoms with Crippen LogP contribution in [0.4, 0.5) is 25.8 Å². The number of hydrogen-bond donors (Lipinski definition) is 0. The van der Waals surface area contributed by atoms with Gasteiger partial charge in [0, 0.05) is 0 Å². The van der Waals surface area contributed by atoms with E-state index in [2.05, 4.69) is 0 Å². The average molecular weight is 212 g/mol. The number of halogens is 6. The predicted molar refractivity (Wildman–Crippen MR) is 34.2 cm³/mol. The second-order valence-electron chi connectivity index (χ2n) is 2.88. The van der Waals surface area contributed by atoms with Crippen LogP contribution in [0.2, 0.25) is 0 Å². The van der Waals surface area contributed by atoms with Crippen LogP contribution >= 0.6 is 7.54 Å². The molecule has 0 nitrogen and oxygen atoms in total. The van der Waals surface area contributed by atoms with Crippen LogP contribution in [-0.2, 0) is 0 Å². The van der Waals surface area contributed by atoms with Gasteiger partial charge in [0.25, 0.3) is 0 Å². The Balaban J connectivity index is 3.04. The molecule has 1 unspecified atom stereocenters. The predicted octanol–water partition coefficient (Wildman–Crippen LogP) is 3.92. The molecule has 1 rings (SSSR count). The molecule has 7 heteroatoms. The monoisotopic (exact) mass is 212 g/mol. The summed E-state index contributed by atoms with van der Waals surface area (Å²) in [7, 11) is -7.56. The van der Waals surface area contributed by atoms with Crippen molar-refractivity contribution in [3.63, 3.8) is 0 Å². The van der Waals surface area contributed by atoms with Crippen LogP contribution in [0.25, 0.3) is 0 Å². The van der Waals surface area contributed by atoms with Crippen LogP contribution in [-0.4, -0.2) is 18.0 Å². The summed E-state index contributed by atoms with van der Waals surface area (Å²) in [6.45, 7) is 0. The first-order valence-corrected chi connectivity index (χ1v) is 5.43. The second-order valence-corrected chi connectivity index (χ2v) is 5.85. The third kappa shape index (κ3) is 1.20. The second kappa shape index (κ2) is 2.28. The summed E-state index contributed by atoms with van der Waals surface area (Å²) in [6, 6.07) is 0. The standard InChI is InChI=1S/C5H7F6P/c6-4-2-1-3-12(9,10,11)5(4,7)8/h4H,1-3H2. The maximum absolute atomic E-state index is 12.4. The third-order valence-electron chi connectivity index (χ3n) is 1.91. The van der Waals surface area contributed by atoms with Gasteiger partial charge >= 0.3 is 64.1 Å². The van der Waals surface area contributed by atoms with Crippen molar-refractivity contribution in [1.82, 2.24) is 0 Å². The summed E-state index contributed by atoms with van der Waals surface area (Å²) in [5, 5.41) is 0. The molecule has 1 heterocycles. The Labute approximate surface area is 65.2 Å². The molecular weight excluding hydrogens is 205 g/mol. The molecule has 0 aromatic heterocycles. The summed E-state index contributed by atoms with van der Waals surface area (Å²) in [4.78, 5) is 0. The Morgan fingerprint density at radius 2 is 1.67 bits per heavy atom. The van der Waals surface area contributed by atoms with Crippen LogP contribution in [0.15, 0.2) is 0 Å². The maximum atomic E-state index is 12.4. The zero-order chi connectivity index (χ0) is 9.65. The van der Waals surface area contributed by atoms with Gasteiger partial charge in [0.15, 0.2) is 0 Å². The van der Waals surface area contributed by atoms with Crippen molar-refractivity contribution in [2.75, 3.05) is 6.16 Å². The average Bonchev–Trinajstić information content (AvgIpc) is 1.82. The molecule has 0 radical (unpaired) electrons. The Bertz CT molecular complexity index is 194. The molecule has 0 bridgehead atoms. The summed E-state index contributed by atoms with van der Waals surface area (Å²) in [5.74, 6) is 0. The minimum atomic E-state index is -7.56. The van der Waals surface area contributed by atoms with Gasteiger partial charge in [0.05, 0.1) is 0 Å². The van der Waals surface area contributed by atoms with Gasteiger partial charge in [-0.05, 0) is 0 Å². The van der Waals surface area contributed by atoms with Crippen molar-refractivity contribution in [2.24, 2.45) is 0 Å². The fourth-order valence-corrected chi connectivity index (χ4v) is 2.75. The Morgan fingerprint density at radius 1 is 1.17 bits per heavy atom. The van der Waals surface area contributed by atoms with Gasteiger partial charge in [-0.3, -0.25) is 0 Å². The Kier molecular flexibility index (Phi) is 1.92. The molecule has 0 N–H and O–H groups in total. The van der Waals surface area contributed by atoms with E-state index >= 15 is 0 Å². The van der Waals surface area contributed by atoms with Gasteiger partial charge in [-0.25, -0.2) is 0 Å². The molecule has 12 heavy (non-hydrogen) atoms. The van der Waals surface area contributed by atoms with Crippen molar-refractivity contribution in [3.8, 4) is 0 Å². The zero-order valence-electron chi connectivity index (χ0n) is 5.91. The molecule has 0 spiro atoms. The van der Waals surface area contributed by atoms with Crippen molar-refractivity contribution < 1.29 is 25.8 Å². The summed E-state index contributed by atoms with van der Waals surface area (Å²) in [5.41, 5.74) is -5.07. The van der Waals surface area contributed by atoms with E-state index in [1.54, 1.807) is 0 Å². The van der Waals surface area contributed by atoms with Crippen LogP contribution in [0.1, 0.15) is 12.8 Å². The van der Waals surface area contributed by atoms with Gasteiger partial charge in [-0.2, -0.15) is 0 Å². The molecule has 0 aliphatic carbocycles. The first-order chi connectivity index (χ1) is 5.16. The van der Waals surface area contributed by atoms with E-state index in [-0.39, 0.29) is 0 Å². The van der Waals surface area contributed by atoms with Crippen molar-refractivity contribution in [1.29, 1.82) is 0 Å². The number of alkyl halides is 3. The molecule has 0 amide bonds. The topological polar surface area (TPSA) is 0 Å². The van der Waals surface area contributed by atoms with E-state index in [4.69, 9.17) is 0 Å². The molecule has 1 aliphatic rings. The number of hydrogen-bond acceptors (Lipinski definition) is 0. The first-order valence-electron chi connectivity index (χ1n) is 3.34. The molecule has 0 aromatic rings. The van der Waals surface area contributed by atoms with Crippen LogP contribution in [0, 0.1) is 0 Å². The van der Waals surface area contributed by atoms with Crippen LogP contribution in [0.5, 0.6) is 0 Å². The van der Waals surface area contributed by atoms with Gasteiger partial charge in [0.2, 0.25) is 0 Å². The molecule has 1 aliphatic heterocycles. The SMILES string of the molecule is FC1CCCP(F)(F)(F)C1(F)F. The van der Waals surface area contributed by atoms with Crippen molar-refractivity contribution in [3.05, 3.63) is 0 Å². The molecule has 1 fully saturated rings. The van der Waals surface area contributed by atoms with E-state index in [9.17, 15) is 25.8 Å². The van der Waals surface area contributed by atoms with E-state index in [0.717, 1.165) is 0 Å². The first kappa shape index (κ1) is 10.1. The molecule has 0 aromatic carbocycles. The van der Waals surface area contributed by atoms with E-state index in [1.165, 1.54) is 0 Å².